The van der Waals surface area contributed by atoms with E-state index in [-0.39, 0.29) is 22.5 Å². The quantitative estimate of drug-likeness (QED) is 0.0944. The molecule has 2 aliphatic heterocycles. The molecule has 0 bridgehead atoms. The molecule has 3 aromatic carbocycles. The lowest BCUT2D eigenvalue weighted by Crippen LogP contribution is -2.44. The first-order valence-electron chi connectivity index (χ1n) is 19.2. The number of anilines is 2. The normalized spacial score (nSPS) is 17.4. The monoisotopic (exact) mass is 816 g/mol. The topological polar surface area (TPSA) is 133 Å². The van der Waals surface area contributed by atoms with Gasteiger partial charge in [-0.05, 0) is 88.2 Å². The molecule has 7 rings (SSSR count). The summed E-state index contributed by atoms with van der Waals surface area (Å²) in [4.78, 5) is 35.2. The lowest BCUT2D eigenvalue weighted by molar-refractivity contribution is 0.103. The number of nitrogens with one attached hydrogen (secondary N) is 3. The van der Waals surface area contributed by atoms with Crippen LogP contribution in [0, 0.1) is 19.7 Å². The number of sulfonamides is 1. The van der Waals surface area contributed by atoms with Crippen LogP contribution in [0.3, 0.4) is 0 Å². The first-order chi connectivity index (χ1) is 27.1. The lowest BCUT2D eigenvalue weighted by atomic mass is 10.0. The zero-order chi connectivity index (χ0) is 39.5. The number of nitrogens with zero attached hydrogens (tertiary/aromatic N) is 3. The van der Waals surface area contributed by atoms with Gasteiger partial charge in [-0.3, -0.25) is 9.59 Å². The zero-order valence-electron chi connectivity index (χ0n) is 31.8. The molecular weight excluding hydrogens is 768 g/mol. The highest BCUT2D eigenvalue weighted by atomic mass is 32.2. The van der Waals surface area contributed by atoms with Crippen molar-refractivity contribution in [2.75, 3.05) is 36.8 Å². The molecule has 0 aliphatic carbocycles. The van der Waals surface area contributed by atoms with Crippen LogP contribution < -0.4 is 16.0 Å². The molecule has 10 nitrogen and oxygen atoms in total. The summed E-state index contributed by atoms with van der Waals surface area (Å²) >= 11 is 2.73. The van der Waals surface area contributed by atoms with Crippen LogP contribution in [0.2, 0.25) is 0 Å². The molecule has 2 saturated heterocycles. The number of carbonyl (C=O) groups is 2. The van der Waals surface area contributed by atoms with E-state index < -0.39 is 15.8 Å². The van der Waals surface area contributed by atoms with Crippen molar-refractivity contribution in [3.05, 3.63) is 123 Å². The van der Waals surface area contributed by atoms with Crippen molar-refractivity contribution in [1.82, 2.24) is 19.6 Å². The van der Waals surface area contributed by atoms with Gasteiger partial charge in [0.2, 0.25) is 21.6 Å². The summed E-state index contributed by atoms with van der Waals surface area (Å²) in [6.07, 6.45) is 11.3. The van der Waals surface area contributed by atoms with Crippen LogP contribution in [-0.4, -0.2) is 72.5 Å². The zero-order valence-corrected chi connectivity index (χ0v) is 34.2. The van der Waals surface area contributed by atoms with E-state index in [0.717, 1.165) is 66.7 Å². The Labute approximate surface area is 337 Å². The van der Waals surface area contributed by atoms with Crippen LogP contribution in [0.15, 0.2) is 90.1 Å². The summed E-state index contributed by atoms with van der Waals surface area (Å²) in [7, 11) is -3.76. The predicted molar refractivity (Wildman–Crippen MR) is 223 cm³/mol. The van der Waals surface area contributed by atoms with Crippen LogP contribution in [0.1, 0.15) is 93.0 Å². The van der Waals surface area contributed by atoms with Gasteiger partial charge < -0.3 is 16.0 Å². The highest BCUT2D eigenvalue weighted by Gasteiger charge is 2.33. The van der Waals surface area contributed by atoms with E-state index in [4.69, 9.17) is 0 Å². The number of hydrogen-bond donors (Lipinski definition) is 3. The lowest BCUT2D eigenvalue weighted by Gasteiger charge is -2.34. The van der Waals surface area contributed by atoms with Crippen LogP contribution >= 0.6 is 22.7 Å². The van der Waals surface area contributed by atoms with Crippen LogP contribution in [0.25, 0.3) is 0 Å². The predicted octanol–water partition coefficient (Wildman–Crippen LogP) is 8.49. The molecule has 3 N–H and O–H groups in total. The number of rotatable bonds is 14. The molecule has 2 fully saturated rings. The molecule has 56 heavy (non-hydrogen) atoms. The van der Waals surface area contributed by atoms with E-state index in [2.05, 4.69) is 25.9 Å². The fraction of sp³-hybridized carbons (Fsp3) is 0.381. The summed E-state index contributed by atoms with van der Waals surface area (Å²) in [5.74, 6) is -0.563. The average Bonchev–Trinajstić information content (AvgIpc) is 3.89. The van der Waals surface area contributed by atoms with E-state index in [9.17, 15) is 22.4 Å². The van der Waals surface area contributed by atoms with E-state index in [1.807, 2.05) is 56.3 Å². The largest absolute Gasteiger partial charge is 0.361 e. The maximum atomic E-state index is 13.6. The molecule has 4 heterocycles. The standard InChI is InChI=1S/C24H26FN3O3S2.C18H23N3OS/c1-17-7-2-3-11-21(17)23(29)22-16-27-24(32-22)26-13-12-19-9-4-5-14-28(19)33(30,31)20-10-6-8-18(25)15-20;1-13-6-2-3-8-15(13)17(22)16-12-21-18(23-16)20-11-9-14-7-4-5-10-19-14/h2-3,6-8,10-11,15-16,19H,4-5,9,12-14H2,1H3,(H,26,27);2-3,6,8,12,14,19H,4-5,7,9-11H2,1H3,(H,20,21). The van der Waals surface area contributed by atoms with Crippen molar-refractivity contribution in [3.63, 3.8) is 0 Å². The second-order valence-corrected chi connectivity index (χ2v) is 18.1. The molecule has 0 spiro atoms. The smallest absolute Gasteiger partial charge is 0.243 e. The van der Waals surface area contributed by atoms with Crippen molar-refractivity contribution in [3.8, 4) is 0 Å². The Bertz CT molecular complexity index is 2200. The number of aromatic nitrogens is 2. The number of piperidine rings is 2. The first-order valence-corrected chi connectivity index (χ1v) is 22.3. The Hall–Kier alpha value is -4.34. The number of ketones is 2. The molecular formula is C42H49FN6O4S3. The van der Waals surface area contributed by atoms with Gasteiger partial charge in [0.15, 0.2) is 10.3 Å². The van der Waals surface area contributed by atoms with Gasteiger partial charge >= 0.3 is 0 Å². The second kappa shape index (κ2) is 19.7. The van der Waals surface area contributed by atoms with Crippen molar-refractivity contribution in [2.24, 2.45) is 0 Å². The Morgan fingerprint density at radius 1 is 0.786 bits per heavy atom. The number of thiazole rings is 2. The van der Waals surface area contributed by atoms with E-state index in [1.165, 1.54) is 64.4 Å². The van der Waals surface area contributed by atoms with E-state index in [1.54, 1.807) is 18.5 Å². The molecule has 0 radical (unpaired) electrons. The van der Waals surface area contributed by atoms with Gasteiger partial charge in [0.05, 0.1) is 27.0 Å². The van der Waals surface area contributed by atoms with Crippen LogP contribution in [0.4, 0.5) is 14.7 Å². The van der Waals surface area contributed by atoms with Gasteiger partial charge in [0, 0.05) is 42.8 Å². The van der Waals surface area contributed by atoms with Crippen molar-refractivity contribution >= 4 is 54.5 Å². The molecule has 0 amide bonds. The van der Waals surface area contributed by atoms with Gasteiger partial charge in [-0.1, -0.05) is 90.1 Å². The van der Waals surface area contributed by atoms with Gasteiger partial charge in [-0.25, -0.2) is 22.8 Å². The number of carbonyl (C=O) groups excluding carboxylic acids is 2. The molecule has 2 atom stereocenters. The van der Waals surface area contributed by atoms with Crippen LogP contribution in [-0.2, 0) is 10.0 Å². The molecule has 2 aromatic heterocycles. The van der Waals surface area contributed by atoms with Crippen molar-refractivity contribution in [2.45, 2.75) is 82.2 Å². The maximum absolute atomic E-state index is 13.6. The maximum Gasteiger partial charge on any atom is 0.243 e. The Kier molecular flexibility index (Phi) is 14.5. The first kappa shape index (κ1) is 41.3. The molecule has 14 heteroatoms. The fourth-order valence-corrected chi connectivity index (χ4v) is 10.4. The van der Waals surface area contributed by atoms with Gasteiger partial charge in [0.1, 0.15) is 5.82 Å². The summed E-state index contributed by atoms with van der Waals surface area (Å²) in [5.41, 5.74) is 3.34. The second-order valence-electron chi connectivity index (χ2n) is 14.1. The Morgan fingerprint density at radius 3 is 1.95 bits per heavy atom. The molecule has 296 valence electrons. The fourth-order valence-electron chi connectivity index (χ4n) is 7.05. The SMILES string of the molecule is Cc1ccccc1C(=O)c1cnc(NCCC2CCCCN2)s1.Cc1ccccc1C(=O)c1cnc(NCCC2CCCCN2S(=O)(=O)c2cccc(F)c2)s1. The highest BCUT2D eigenvalue weighted by Crippen LogP contribution is 2.29. The number of halogens is 1. The Morgan fingerprint density at radius 2 is 1.38 bits per heavy atom. The third-order valence-electron chi connectivity index (χ3n) is 10.1. The van der Waals surface area contributed by atoms with Crippen molar-refractivity contribution < 1.29 is 22.4 Å². The summed E-state index contributed by atoms with van der Waals surface area (Å²) in [6.45, 7) is 6.84. The number of aryl methyl sites for hydroxylation is 2. The highest BCUT2D eigenvalue weighted by molar-refractivity contribution is 7.89. The minimum Gasteiger partial charge on any atom is -0.361 e. The molecule has 2 unspecified atom stereocenters. The molecule has 5 aromatic rings. The average molecular weight is 817 g/mol. The summed E-state index contributed by atoms with van der Waals surface area (Å²) < 4.78 is 41.3. The van der Waals surface area contributed by atoms with Gasteiger partial charge in [-0.15, -0.1) is 0 Å². The van der Waals surface area contributed by atoms with E-state index in [0.29, 0.717) is 46.0 Å². The minimum absolute atomic E-state index is 0.0124. The minimum atomic E-state index is -3.76. The van der Waals surface area contributed by atoms with E-state index >= 15 is 0 Å². The number of benzene rings is 3. The van der Waals surface area contributed by atoms with Gasteiger partial charge in [0.25, 0.3) is 0 Å². The number of hydrogen-bond acceptors (Lipinski definition) is 11. The summed E-state index contributed by atoms with van der Waals surface area (Å²) in [6, 6.07) is 20.7. The van der Waals surface area contributed by atoms with Crippen LogP contribution in [0.5, 0.6) is 0 Å². The third kappa shape index (κ3) is 10.7. The summed E-state index contributed by atoms with van der Waals surface area (Å²) in [5, 5.41) is 11.6. The van der Waals surface area contributed by atoms with Crippen molar-refractivity contribution in [1.29, 1.82) is 0 Å². The molecule has 2 aliphatic rings. The third-order valence-corrected chi connectivity index (χ3v) is 14.0. The molecule has 0 saturated carbocycles. The van der Waals surface area contributed by atoms with Gasteiger partial charge in [-0.2, -0.15) is 4.31 Å². The Balaban J connectivity index is 0.000000202.